The fourth-order valence-electron chi connectivity index (χ4n) is 2.27. The molecule has 3 rings (SSSR count). The minimum atomic E-state index is -0.974. The van der Waals surface area contributed by atoms with Gasteiger partial charge >= 0.3 is 5.97 Å². The van der Waals surface area contributed by atoms with Gasteiger partial charge in [-0.1, -0.05) is 66.4 Å². The number of carboxylic acid groups (broad SMARTS) is 1. The fourth-order valence-corrected chi connectivity index (χ4v) is 3.53. The maximum absolute atomic E-state index is 12.6. The highest BCUT2D eigenvalue weighted by Crippen LogP contribution is 2.33. The normalized spacial score (nSPS) is 16.0. The first-order chi connectivity index (χ1) is 11.5. The van der Waals surface area contributed by atoms with Gasteiger partial charge < -0.3 is 5.11 Å². The van der Waals surface area contributed by atoms with Gasteiger partial charge in [0.1, 0.15) is 4.32 Å². The standard InChI is InChI=1S/C18H13NO3S2/c20-16-15(10-12-4-2-1-3-5-12)24-18(23)19(16)11-13-6-8-14(9-7-13)17(21)22/h1-10H,11H2,(H,21,22)/b15-10-. The number of benzene rings is 2. The van der Waals surface area contributed by atoms with Crippen LogP contribution in [0.25, 0.3) is 6.08 Å². The first-order valence-electron chi connectivity index (χ1n) is 7.17. The van der Waals surface area contributed by atoms with E-state index in [1.165, 1.54) is 28.8 Å². The second kappa shape index (κ2) is 6.98. The highest BCUT2D eigenvalue weighted by Gasteiger charge is 2.31. The molecule has 0 spiro atoms. The largest absolute Gasteiger partial charge is 0.478 e. The summed E-state index contributed by atoms with van der Waals surface area (Å²) in [5.41, 5.74) is 1.99. The molecule has 0 atom stereocenters. The number of carboxylic acids is 1. The quantitative estimate of drug-likeness (QED) is 0.668. The molecule has 2 aromatic rings. The summed E-state index contributed by atoms with van der Waals surface area (Å²) < 4.78 is 0.504. The Kier molecular flexibility index (Phi) is 4.78. The van der Waals surface area contributed by atoms with Crippen LogP contribution in [0.15, 0.2) is 59.5 Å². The third-order valence-electron chi connectivity index (χ3n) is 3.51. The summed E-state index contributed by atoms with van der Waals surface area (Å²) in [6, 6.07) is 16.0. The van der Waals surface area contributed by atoms with E-state index in [2.05, 4.69) is 0 Å². The van der Waals surface area contributed by atoms with E-state index in [0.717, 1.165) is 11.1 Å². The summed E-state index contributed by atoms with van der Waals surface area (Å²) in [6.07, 6.45) is 1.83. The summed E-state index contributed by atoms with van der Waals surface area (Å²) in [4.78, 5) is 25.6. The molecule has 4 nitrogen and oxygen atoms in total. The summed E-state index contributed by atoms with van der Waals surface area (Å²) >= 11 is 6.59. The maximum atomic E-state index is 12.6. The van der Waals surface area contributed by atoms with Crippen LogP contribution in [0.4, 0.5) is 0 Å². The predicted octanol–water partition coefficient (Wildman–Crippen LogP) is 3.79. The zero-order valence-electron chi connectivity index (χ0n) is 12.5. The van der Waals surface area contributed by atoms with Crippen molar-refractivity contribution in [3.05, 3.63) is 76.2 Å². The summed E-state index contributed by atoms with van der Waals surface area (Å²) in [6.45, 7) is 0.330. The molecule has 1 N–H and O–H groups in total. The van der Waals surface area contributed by atoms with Gasteiger partial charge in [-0.05, 0) is 29.3 Å². The molecular formula is C18H13NO3S2. The molecule has 2 aromatic carbocycles. The minimum Gasteiger partial charge on any atom is -0.478 e. The van der Waals surface area contributed by atoms with Crippen LogP contribution in [0.2, 0.25) is 0 Å². The van der Waals surface area contributed by atoms with E-state index in [1.54, 1.807) is 12.1 Å². The number of aromatic carboxylic acids is 1. The average Bonchev–Trinajstić information content (AvgIpc) is 2.84. The SMILES string of the molecule is O=C(O)c1ccc(CN2C(=O)/C(=C/c3ccccc3)SC2=S)cc1. The van der Waals surface area contributed by atoms with Crippen molar-refractivity contribution in [2.24, 2.45) is 0 Å². The van der Waals surface area contributed by atoms with Crippen molar-refractivity contribution in [1.82, 2.24) is 4.90 Å². The number of carbonyl (C=O) groups excluding carboxylic acids is 1. The average molecular weight is 355 g/mol. The van der Waals surface area contributed by atoms with Crippen molar-refractivity contribution in [2.75, 3.05) is 0 Å². The molecule has 1 aliphatic heterocycles. The molecule has 120 valence electrons. The van der Waals surface area contributed by atoms with Crippen molar-refractivity contribution in [2.45, 2.75) is 6.54 Å². The number of thiocarbonyl (C=S) groups is 1. The third kappa shape index (κ3) is 3.55. The van der Waals surface area contributed by atoms with Gasteiger partial charge in [-0.15, -0.1) is 0 Å². The van der Waals surface area contributed by atoms with Gasteiger partial charge in [0.15, 0.2) is 0 Å². The van der Waals surface area contributed by atoms with Crippen molar-refractivity contribution < 1.29 is 14.7 Å². The lowest BCUT2D eigenvalue weighted by molar-refractivity contribution is -0.122. The van der Waals surface area contributed by atoms with E-state index in [0.29, 0.717) is 15.8 Å². The molecule has 0 bridgehead atoms. The monoisotopic (exact) mass is 355 g/mol. The van der Waals surface area contributed by atoms with Crippen LogP contribution >= 0.6 is 24.0 Å². The molecule has 1 heterocycles. The van der Waals surface area contributed by atoms with Crippen molar-refractivity contribution >= 4 is 46.3 Å². The van der Waals surface area contributed by atoms with Gasteiger partial charge in [0, 0.05) is 0 Å². The lowest BCUT2D eigenvalue weighted by Gasteiger charge is -2.14. The Hall–Kier alpha value is -2.44. The second-order valence-electron chi connectivity index (χ2n) is 5.18. The number of amides is 1. The van der Waals surface area contributed by atoms with Crippen LogP contribution in [-0.2, 0) is 11.3 Å². The van der Waals surface area contributed by atoms with Crippen LogP contribution in [0.1, 0.15) is 21.5 Å². The number of hydrogen-bond acceptors (Lipinski definition) is 4. The summed E-state index contributed by atoms with van der Waals surface area (Å²) in [5.74, 6) is -1.10. The lowest BCUT2D eigenvalue weighted by atomic mass is 10.1. The Labute approximate surface area is 148 Å². The van der Waals surface area contributed by atoms with Crippen molar-refractivity contribution in [3.63, 3.8) is 0 Å². The topological polar surface area (TPSA) is 57.6 Å². The Morgan fingerprint density at radius 3 is 2.42 bits per heavy atom. The number of carbonyl (C=O) groups is 2. The Balaban J connectivity index is 1.77. The molecule has 1 fully saturated rings. The predicted molar refractivity (Wildman–Crippen MR) is 98.6 cm³/mol. The van der Waals surface area contributed by atoms with E-state index >= 15 is 0 Å². The van der Waals surface area contributed by atoms with E-state index < -0.39 is 5.97 Å². The third-order valence-corrected chi connectivity index (χ3v) is 4.89. The second-order valence-corrected chi connectivity index (χ2v) is 6.86. The first kappa shape index (κ1) is 16.4. The number of rotatable bonds is 4. The maximum Gasteiger partial charge on any atom is 0.335 e. The van der Waals surface area contributed by atoms with E-state index in [-0.39, 0.29) is 11.5 Å². The Morgan fingerprint density at radius 1 is 1.12 bits per heavy atom. The van der Waals surface area contributed by atoms with Gasteiger partial charge in [-0.2, -0.15) is 0 Å². The smallest absolute Gasteiger partial charge is 0.335 e. The van der Waals surface area contributed by atoms with Crippen molar-refractivity contribution in [3.8, 4) is 0 Å². The van der Waals surface area contributed by atoms with Crippen LogP contribution in [-0.4, -0.2) is 26.2 Å². The van der Waals surface area contributed by atoms with E-state index in [9.17, 15) is 9.59 Å². The molecule has 0 aliphatic carbocycles. The highest BCUT2D eigenvalue weighted by atomic mass is 32.2. The van der Waals surface area contributed by atoms with Gasteiger partial charge in [0.25, 0.3) is 5.91 Å². The van der Waals surface area contributed by atoms with Crippen LogP contribution < -0.4 is 0 Å². The van der Waals surface area contributed by atoms with Crippen LogP contribution in [0, 0.1) is 0 Å². The van der Waals surface area contributed by atoms with Gasteiger partial charge in [0.05, 0.1) is 17.0 Å². The van der Waals surface area contributed by atoms with E-state index in [1.807, 2.05) is 36.4 Å². The Morgan fingerprint density at radius 2 is 1.79 bits per heavy atom. The first-order valence-corrected chi connectivity index (χ1v) is 8.40. The van der Waals surface area contributed by atoms with Crippen LogP contribution in [0.5, 0.6) is 0 Å². The molecule has 1 saturated heterocycles. The number of nitrogens with zero attached hydrogens (tertiary/aromatic N) is 1. The van der Waals surface area contributed by atoms with Crippen molar-refractivity contribution in [1.29, 1.82) is 0 Å². The zero-order chi connectivity index (χ0) is 17.1. The fraction of sp³-hybridized carbons (Fsp3) is 0.0556. The number of thioether (sulfide) groups is 1. The lowest BCUT2D eigenvalue weighted by Crippen LogP contribution is -2.27. The summed E-state index contributed by atoms with van der Waals surface area (Å²) in [7, 11) is 0. The number of hydrogen-bond donors (Lipinski definition) is 1. The highest BCUT2D eigenvalue weighted by molar-refractivity contribution is 8.26. The molecular weight excluding hydrogens is 342 g/mol. The molecule has 0 unspecified atom stereocenters. The summed E-state index contributed by atoms with van der Waals surface area (Å²) in [5, 5.41) is 8.92. The Bertz CT molecular complexity index is 829. The molecule has 0 radical (unpaired) electrons. The molecule has 24 heavy (non-hydrogen) atoms. The van der Waals surface area contributed by atoms with Gasteiger partial charge in [-0.25, -0.2) is 4.79 Å². The van der Waals surface area contributed by atoms with Gasteiger partial charge in [-0.3, -0.25) is 9.69 Å². The van der Waals surface area contributed by atoms with E-state index in [4.69, 9.17) is 17.3 Å². The van der Waals surface area contributed by atoms with Gasteiger partial charge in [0.2, 0.25) is 0 Å². The van der Waals surface area contributed by atoms with Crippen LogP contribution in [0.3, 0.4) is 0 Å². The molecule has 1 aliphatic rings. The molecule has 1 amide bonds. The molecule has 6 heteroatoms. The molecule has 0 saturated carbocycles. The molecule has 0 aromatic heterocycles. The minimum absolute atomic E-state index is 0.129. The zero-order valence-corrected chi connectivity index (χ0v) is 14.1.